The molecule has 0 saturated carbocycles. The minimum atomic E-state index is 0.122. The van der Waals surface area contributed by atoms with Crippen LogP contribution in [0.15, 0.2) is 33.8 Å². The molecule has 98 valence electrons. The fourth-order valence-corrected chi connectivity index (χ4v) is 3.65. The Morgan fingerprint density at radius 1 is 1.32 bits per heavy atom. The summed E-state index contributed by atoms with van der Waals surface area (Å²) >= 11 is 1.51. The topological polar surface area (TPSA) is 32.7 Å². The lowest BCUT2D eigenvalue weighted by molar-refractivity contribution is 0.104. The lowest BCUT2D eigenvalue weighted by atomic mass is 10.0. The van der Waals surface area contributed by atoms with Gasteiger partial charge in [0.25, 0.3) is 0 Å². The van der Waals surface area contributed by atoms with Crippen molar-refractivity contribution in [3.05, 3.63) is 45.5 Å². The number of Topliss-reactive ketones (excluding diaryl/α,β-unsaturated/α-hetero) is 1. The van der Waals surface area contributed by atoms with Crippen LogP contribution in [0.2, 0.25) is 0 Å². The van der Waals surface area contributed by atoms with Crippen LogP contribution in [-0.2, 0) is 0 Å². The van der Waals surface area contributed by atoms with E-state index in [9.17, 15) is 4.79 Å². The number of carbonyl (C=O) groups excluding carboxylic acids is 1. The molecule has 4 heteroatoms. The average molecular weight is 272 g/mol. The summed E-state index contributed by atoms with van der Waals surface area (Å²) in [6, 6.07) is 5.98. The van der Waals surface area contributed by atoms with E-state index in [1.807, 2.05) is 32.9 Å². The predicted octanol–water partition coefficient (Wildman–Crippen LogP) is 3.14. The van der Waals surface area contributed by atoms with E-state index in [1.54, 1.807) is 0 Å². The van der Waals surface area contributed by atoms with Gasteiger partial charge < -0.3 is 4.90 Å². The van der Waals surface area contributed by atoms with Crippen molar-refractivity contribution >= 4 is 22.7 Å². The van der Waals surface area contributed by atoms with Gasteiger partial charge in [0.15, 0.2) is 5.17 Å². The minimum absolute atomic E-state index is 0.122. The number of ketones is 1. The van der Waals surface area contributed by atoms with Gasteiger partial charge in [0.2, 0.25) is 5.78 Å². The molecule has 0 bridgehead atoms. The molecule has 0 fully saturated rings. The Balaban J connectivity index is 1.97. The summed E-state index contributed by atoms with van der Waals surface area (Å²) in [6.07, 6.45) is 0. The van der Waals surface area contributed by atoms with E-state index in [-0.39, 0.29) is 5.78 Å². The molecule has 2 aliphatic heterocycles. The highest BCUT2D eigenvalue weighted by Gasteiger charge is 2.33. The quantitative estimate of drug-likeness (QED) is 0.775. The third-order valence-corrected chi connectivity index (χ3v) is 4.78. The molecular weight excluding hydrogens is 256 g/mol. The first-order chi connectivity index (χ1) is 9.08. The highest BCUT2D eigenvalue weighted by Crippen LogP contribution is 2.38. The summed E-state index contributed by atoms with van der Waals surface area (Å²) in [5.74, 6) is 0.122. The highest BCUT2D eigenvalue weighted by atomic mass is 32.2. The van der Waals surface area contributed by atoms with Crippen molar-refractivity contribution in [3.63, 3.8) is 0 Å². The summed E-state index contributed by atoms with van der Waals surface area (Å²) in [7, 11) is 0. The number of hydrogen-bond acceptors (Lipinski definition) is 4. The molecule has 3 nitrogen and oxygen atoms in total. The molecule has 0 unspecified atom stereocenters. The molecule has 0 radical (unpaired) electrons. The van der Waals surface area contributed by atoms with Gasteiger partial charge in [-0.1, -0.05) is 23.8 Å². The van der Waals surface area contributed by atoms with Crippen LogP contribution in [0.4, 0.5) is 0 Å². The first kappa shape index (κ1) is 12.5. The average Bonchev–Trinajstić information content (AvgIpc) is 2.92. The largest absolute Gasteiger partial charge is 0.322 e. The fourth-order valence-electron chi connectivity index (χ4n) is 2.51. The Kier molecular flexibility index (Phi) is 2.97. The number of fused-ring (bicyclic) bond motifs is 1. The fraction of sp³-hybridized carbons (Fsp3) is 0.333. The molecule has 0 amide bonds. The molecule has 2 heterocycles. The number of thioether (sulfide) groups is 1. The minimum Gasteiger partial charge on any atom is -0.322 e. The zero-order valence-electron chi connectivity index (χ0n) is 11.4. The van der Waals surface area contributed by atoms with Crippen molar-refractivity contribution in [3.8, 4) is 0 Å². The smallest absolute Gasteiger partial charge is 0.201 e. The van der Waals surface area contributed by atoms with Crippen LogP contribution in [-0.4, -0.2) is 28.9 Å². The highest BCUT2D eigenvalue weighted by molar-refractivity contribution is 8.18. The number of hydrogen-bond donors (Lipinski definition) is 0. The number of rotatable bonds is 2. The van der Waals surface area contributed by atoms with Gasteiger partial charge in [-0.2, -0.15) is 0 Å². The number of amidine groups is 1. The molecule has 0 N–H and O–H groups in total. The molecule has 1 aromatic carbocycles. The molecule has 0 aliphatic carbocycles. The van der Waals surface area contributed by atoms with E-state index in [4.69, 9.17) is 0 Å². The monoisotopic (exact) mass is 272 g/mol. The van der Waals surface area contributed by atoms with Crippen LogP contribution < -0.4 is 0 Å². The Morgan fingerprint density at radius 2 is 2.11 bits per heavy atom. The van der Waals surface area contributed by atoms with E-state index in [0.717, 1.165) is 40.0 Å². The second kappa shape index (κ2) is 4.53. The lowest BCUT2D eigenvalue weighted by Crippen LogP contribution is -2.19. The van der Waals surface area contributed by atoms with E-state index in [2.05, 4.69) is 16.0 Å². The summed E-state index contributed by atoms with van der Waals surface area (Å²) in [5.41, 5.74) is 4.07. The Morgan fingerprint density at radius 3 is 2.79 bits per heavy atom. The van der Waals surface area contributed by atoms with Gasteiger partial charge in [0.1, 0.15) is 0 Å². The van der Waals surface area contributed by atoms with E-state index >= 15 is 0 Å². The third kappa shape index (κ3) is 2.00. The van der Waals surface area contributed by atoms with Crippen LogP contribution in [0.3, 0.4) is 0 Å². The number of nitrogens with zero attached hydrogens (tertiary/aromatic N) is 2. The summed E-state index contributed by atoms with van der Waals surface area (Å²) in [5, 5.41) is 0.977. The van der Waals surface area contributed by atoms with Crippen molar-refractivity contribution < 1.29 is 4.79 Å². The number of benzene rings is 1. The van der Waals surface area contributed by atoms with Crippen LogP contribution >= 0.6 is 11.8 Å². The summed E-state index contributed by atoms with van der Waals surface area (Å²) in [6.45, 7) is 7.79. The second-order valence-corrected chi connectivity index (χ2v) is 5.96. The summed E-state index contributed by atoms with van der Waals surface area (Å²) < 4.78 is 0. The van der Waals surface area contributed by atoms with Gasteiger partial charge in [-0.05, 0) is 38.1 Å². The van der Waals surface area contributed by atoms with Gasteiger partial charge in [0, 0.05) is 17.8 Å². The Hall–Kier alpha value is -1.55. The SMILES string of the molecule is CC1=C(C(=O)c2ccc(C)cc2C)SC2=NCCN21. The summed E-state index contributed by atoms with van der Waals surface area (Å²) in [4.78, 5) is 20.0. The van der Waals surface area contributed by atoms with Gasteiger partial charge in [0.05, 0.1) is 11.4 Å². The maximum absolute atomic E-state index is 12.7. The maximum atomic E-state index is 12.7. The van der Waals surface area contributed by atoms with Crippen molar-refractivity contribution in [2.24, 2.45) is 4.99 Å². The van der Waals surface area contributed by atoms with Crippen LogP contribution in [0, 0.1) is 13.8 Å². The molecule has 3 rings (SSSR count). The number of allylic oxidation sites excluding steroid dienone is 2. The Labute approximate surface area is 117 Å². The van der Waals surface area contributed by atoms with E-state index in [1.165, 1.54) is 17.3 Å². The molecule has 0 atom stereocenters. The first-order valence-electron chi connectivity index (χ1n) is 6.40. The van der Waals surface area contributed by atoms with Crippen molar-refractivity contribution in [1.29, 1.82) is 0 Å². The normalized spacial score (nSPS) is 17.8. The first-order valence-corrected chi connectivity index (χ1v) is 7.22. The van der Waals surface area contributed by atoms with Crippen molar-refractivity contribution in [2.75, 3.05) is 13.1 Å². The lowest BCUT2D eigenvalue weighted by Gasteiger charge is -2.12. The number of aryl methyl sites for hydroxylation is 2. The molecule has 0 saturated heterocycles. The van der Waals surface area contributed by atoms with Crippen molar-refractivity contribution in [1.82, 2.24) is 4.90 Å². The standard InChI is InChI=1S/C15H16N2OS/c1-9-4-5-12(10(2)8-9)13(18)14-11(3)17-7-6-16-15(17)19-14/h4-5,8H,6-7H2,1-3H3. The van der Waals surface area contributed by atoms with Crippen molar-refractivity contribution in [2.45, 2.75) is 20.8 Å². The van der Waals surface area contributed by atoms with Gasteiger partial charge in [-0.3, -0.25) is 9.79 Å². The molecule has 19 heavy (non-hydrogen) atoms. The molecular formula is C15H16N2OS. The Bertz CT molecular complexity index is 631. The van der Waals surface area contributed by atoms with E-state index in [0.29, 0.717) is 0 Å². The third-order valence-electron chi connectivity index (χ3n) is 3.56. The second-order valence-electron chi connectivity index (χ2n) is 4.98. The van der Waals surface area contributed by atoms with Gasteiger partial charge in [-0.25, -0.2) is 0 Å². The van der Waals surface area contributed by atoms with Gasteiger partial charge >= 0.3 is 0 Å². The van der Waals surface area contributed by atoms with Gasteiger partial charge in [-0.15, -0.1) is 0 Å². The molecule has 0 spiro atoms. The van der Waals surface area contributed by atoms with Crippen LogP contribution in [0.25, 0.3) is 0 Å². The zero-order chi connectivity index (χ0) is 13.6. The maximum Gasteiger partial charge on any atom is 0.201 e. The molecule has 0 aromatic heterocycles. The predicted molar refractivity (Wildman–Crippen MR) is 79.5 cm³/mol. The molecule has 1 aromatic rings. The molecule has 2 aliphatic rings. The number of aliphatic imine (C=N–C) groups is 1. The van der Waals surface area contributed by atoms with E-state index < -0.39 is 0 Å². The van der Waals surface area contributed by atoms with Crippen LogP contribution in [0.1, 0.15) is 28.4 Å². The van der Waals surface area contributed by atoms with Crippen LogP contribution in [0.5, 0.6) is 0 Å². The number of carbonyl (C=O) groups is 1. The zero-order valence-corrected chi connectivity index (χ0v) is 12.2.